The molecule has 0 aliphatic carbocycles. The molecule has 0 aliphatic rings. The van der Waals surface area contributed by atoms with Crippen molar-refractivity contribution in [2.24, 2.45) is 0 Å². The molecule has 102 valence electrons. The summed E-state index contributed by atoms with van der Waals surface area (Å²) in [4.78, 5) is 8.83. The lowest BCUT2D eigenvalue weighted by atomic mass is 10.1. The van der Waals surface area contributed by atoms with Crippen LogP contribution in [-0.2, 0) is 6.42 Å². The lowest BCUT2D eigenvalue weighted by Crippen LogP contribution is -1.95. The Morgan fingerprint density at radius 3 is 2.76 bits per heavy atom. The van der Waals surface area contributed by atoms with Crippen LogP contribution in [-0.4, -0.2) is 19.6 Å². The Morgan fingerprint density at radius 2 is 1.95 bits per heavy atom. The highest BCUT2D eigenvalue weighted by Crippen LogP contribution is 2.21. The molecule has 0 saturated heterocycles. The lowest BCUT2D eigenvalue weighted by molar-refractivity contribution is 0.898. The first-order chi connectivity index (χ1) is 10.4. The van der Waals surface area contributed by atoms with E-state index in [0.29, 0.717) is 12.2 Å². The monoisotopic (exact) mass is 292 g/mol. The van der Waals surface area contributed by atoms with Crippen molar-refractivity contribution in [3.05, 3.63) is 70.8 Å². The molecule has 0 saturated carbocycles. The minimum atomic E-state index is 0.643. The minimum Gasteiger partial charge on any atom is -0.220 e. The number of hydrogen-bond donors (Lipinski definition) is 0. The number of rotatable bonds is 3. The summed E-state index contributed by atoms with van der Waals surface area (Å²) >= 11 is 1.67. The van der Waals surface area contributed by atoms with Gasteiger partial charge in [0.2, 0.25) is 0 Å². The van der Waals surface area contributed by atoms with E-state index in [9.17, 15) is 0 Å². The van der Waals surface area contributed by atoms with Crippen LogP contribution in [0.25, 0.3) is 17.0 Å². The van der Waals surface area contributed by atoms with Crippen molar-refractivity contribution in [1.82, 2.24) is 19.6 Å². The fourth-order valence-electron chi connectivity index (χ4n) is 2.32. The van der Waals surface area contributed by atoms with Crippen molar-refractivity contribution in [3.8, 4) is 11.3 Å². The maximum absolute atomic E-state index is 4.61. The summed E-state index contributed by atoms with van der Waals surface area (Å²) in [7, 11) is 0. The van der Waals surface area contributed by atoms with Gasteiger partial charge in [0.1, 0.15) is 0 Å². The van der Waals surface area contributed by atoms with Crippen LogP contribution in [0, 0.1) is 0 Å². The third-order valence-corrected chi connectivity index (χ3v) is 3.99. The zero-order valence-electron chi connectivity index (χ0n) is 11.2. The standard InChI is InChI=1S/C16H12N4S/c1-2-4-12(5-3-1)10-15-18-16-17-8-6-14(20(16)19-15)13-7-9-21-11-13/h1-9,11H,10H2. The van der Waals surface area contributed by atoms with Crippen LogP contribution in [0.1, 0.15) is 11.4 Å². The van der Waals surface area contributed by atoms with Crippen LogP contribution in [0.15, 0.2) is 59.4 Å². The molecular weight excluding hydrogens is 280 g/mol. The molecule has 5 heteroatoms. The molecule has 0 aliphatic heterocycles. The first-order valence-electron chi connectivity index (χ1n) is 6.67. The van der Waals surface area contributed by atoms with E-state index >= 15 is 0 Å². The molecule has 0 unspecified atom stereocenters. The summed E-state index contributed by atoms with van der Waals surface area (Å²) in [5.74, 6) is 1.43. The van der Waals surface area contributed by atoms with Gasteiger partial charge in [-0.15, -0.1) is 5.10 Å². The van der Waals surface area contributed by atoms with Gasteiger partial charge in [0.25, 0.3) is 5.78 Å². The zero-order valence-corrected chi connectivity index (χ0v) is 12.0. The average Bonchev–Trinajstić information content (AvgIpc) is 3.16. The first kappa shape index (κ1) is 12.2. The number of nitrogens with zero attached hydrogens (tertiary/aromatic N) is 4. The van der Waals surface area contributed by atoms with E-state index < -0.39 is 0 Å². The Kier molecular flexibility index (Phi) is 2.97. The molecule has 0 radical (unpaired) electrons. The topological polar surface area (TPSA) is 43.1 Å². The van der Waals surface area contributed by atoms with Crippen molar-refractivity contribution in [3.63, 3.8) is 0 Å². The summed E-state index contributed by atoms with van der Waals surface area (Å²) in [5.41, 5.74) is 3.36. The highest BCUT2D eigenvalue weighted by atomic mass is 32.1. The molecule has 3 aromatic heterocycles. The van der Waals surface area contributed by atoms with E-state index in [-0.39, 0.29) is 0 Å². The van der Waals surface area contributed by atoms with Gasteiger partial charge in [-0.1, -0.05) is 30.3 Å². The Balaban J connectivity index is 1.78. The molecule has 4 nitrogen and oxygen atoms in total. The second-order valence-electron chi connectivity index (χ2n) is 4.74. The average molecular weight is 292 g/mol. The molecule has 0 amide bonds. The molecule has 0 bridgehead atoms. The van der Waals surface area contributed by atoms with E-state index in [2.05, 4.69) is 44.0 Å². The summed E-state index contributed by atoms with van der Waals surface area (Å²) in [6.07, 6.45) is 2.50. The normalized spacial score (nSPS) is 11.0. The highest BCUT2D eigenvalue weighted by molar-refractivity contribution is 7.08. The molecular formula is C16H12N4S. The molecule has 0 atom stereocenters. The smallest absolute Gasteiger partial charge is 0.220 e. The molecule has 4 aromatic rings. The third-order valence-electron chi connectivity index (χ3n) is 3.31. The largest absolute Gasteiger partial charge is 0.252 e. The quantitative estimate of drug-likeness (QED) is 0.581. The van der Waals surface area contributed by atoms with Gasteiger partial charge in [-0.25, -0.2) is 4.98 Å². The number of benzene rings is 1. The number of thiophene rings is 1. The van der Waals surface area contributed by atoms with Gasteiger partial charge in [-0.3, -0.25) is 0 Å². The van der Waals surface area contributed by atoms with Crippen LogP contribution in [0.2, 0.25) is 0 Å². The summed E-state index contributed by atoms with van der Waals surface area (Å²) in [5, 5.41) is 8.78. The van der Waals surface area contributed by atoms with Crippen molar-refractivity contribution in [2.45, 2.75) is 6.42 Å². The van der Waals surface area contributed by atoms with Crippen LogP contribution in [0.3, 0.4) is 0 Å². The molecule has 1 aromatic carbocycles. The lowest BCUT2D eigenvalue weighted by Gasteiger charge is -1.99. The van der Waals surface area contributed by atoms with Crippen molar-refractivity contribution in [1.29, 1.82) is 0 Å². The molecule has 0 spiro atoms. The van der Waals surface area contributed by atoms with E-state index in [4.69, 9.17) is 0 Å². The van der Waals surface area contributed by atoms with Crippen molar-refractivity contribution < 1.29 is 0 Å². The summed E-state index contributed by atoms with van der Waals surface area (Å²) < 4.78 is 1.82. The highest BCUT2D eigenvalue weighted by Gasteiger charge is 2.10. The van der Waals surface area contributed by atoms with Gasteiger partial charge < -0.3 is 0 Å². The fourth-order valence-corrected chi connectivity index (χ4v) is 2.97. The van der Waals surface area contributed by atoms with Gasteiger partial charge in [-0.05, 0) is 23.1 Å². The molecule has 0 N–H and O–H groups in total. The fraction of sp³-hybridized carbons (Fsp3) is 0.0625. The first-order valence-corrected chi connectivity index (χ1v) is 7.61. The van der Waals surface area contributed by atoms with E-state index in [1.54, 1.807) is 17.5 Å². The maximum Gasteiger partial charge on any atom is 0.252 e. The summed E-state index contributed by atoms with van der Waals surface area (Å²) in [6.45, 7) is 0. The third kappa shape index (κ3) is 2.32. The number of fused-ring (bicyclic) bond motifs is 1. The van der Waals surface area contributed by atoms with Crippen LogP contribution in [0.4, 0.5) is 0 Å². The van der Waals surface area contributed by atoms with Crippen molar-refractivity contribution in [2.75, 3.05) is 0 Å². The minimum absolute atomic E-state index is 0.643. The Hall–Kier alpha value is -2.53. The second-order valence-corrected chi connectivity index (χ2v) is 5.52. The van der Waals surface area contributed by atoms with Crippen LogP contribution < -0.4 is 0 Å². The predicted molar refractivity (Wildman–Crippen MR) is 83.3 cm³/mol. The van der Waals surface area contributed by atoms with Gasteiger partial charge in [0.15, 0.2) is 5.82 Å². The number of hydrogen-bond acceptors (Lipinski definition) is 4. The predicted octanol–water partition coefficient (Wildman–Crippen LogP) is 3.44. The van der Waals surface area contributed by atoms with Gasteiger partial charge in [0.05, 0.1) is 5.69 Å². The Labute approximate surface area is 125 Å². The van der Waals surface area contributed by atoms with Crippen LogP contribution >= 0.6 is 11.3 Å². The van der Waals surface area contributed by atoms with Crippen LogP contribution in [0.5, 0.6) is 0 Å². The number of aromatic nitrogens is 4. The second kappa shape index (κ2) is 5.10. The SMILES string of the molecule is c1ccc(Cc2nc3nccc(-c4ccsc4)n3n2)cc1. The molecule has 0 fully saturated rings. The van der Waals surface area contributed by atoms with E-state index in [1.807, 2.05) is 28.8 Å². The molecule has 21 heavy (non-hydrogen) atoms. The zero-order chi connectivity index (χ0) is 14.1. The van der Waals surface area contributed by atoms with E-state index in [0.717, 1.165) is 17.1 Å². The summed E-state index contributed by atoms with van der Waals surface area (Å²) in [6, 6.07) is 14.3. The molecule has 4 rings (SSSR count). The van der Waals surface area contributed by atoms with Gasteiger partial charge >= 0.3 is 0 Å². The Morgan fingerprint density at radius 1 is 1.05 bits per heavy atom. The van der Waals surface area contributed by atoms with E-state index in [1.165, 1.54) is 5.56 Å². The maximum atomic E-state index is 4.61. The van der Waals surface area contributed by atoms with Gasteiger partial charge in [-0.2, -0.15) is 20.8 Å². The molecule has 3 heterocycles. The Bertz CT molecular complexity index is 866. The van der Waals surface area contributed by atoms with Gasteiger partial charge in [0, 0.05) is 23.6 Å². The van der Waals surface area contributed by atoms with Crippen molar-refractivity contribution >= 4 is 17.1 Å².